The SMILES string of the molecule is O=C(Nc1nnc(CCc2ccc(Cl)cc2)s1)C1CC(=O)N(c2ccc(CN3CCCCCC3)cc2)C1. The minimum atomic E-state index is -0.411. The number of hydrogen-bond acceptors (Lipinski definition) is 6. The van der Waals surface area contributed by atoms with E-state index in [2.05, 4.69) is 32.5 Å². The fourth-order valence-electron chi connectivity index (χ4n) is 4.98. The Kier molecular flexibility index (Phi) is 8.48. The monoisotopic (exact) mass is 537 g/mol. The van der Waals surface area contributed by atoms with Crippen molar-refractivity contribution in [3.8, 4) is 0 Å². The number of halogens is 1. The predicted molar refractivity (Wildman–Crippen MR) is 148 cm³/mol. The average molecular weight is 538 g/mol. The van der Waals surface area contributed by atoms with Gasteiger partial charge in [0.15, 0.2) is 0 Å². The molecule has 2 aliphatic rings. The maximum Gasteiger partial charge on any atom is 0.231 e. The molecule has 3 aromatic rings. The first-order valence-corrected chi connectivity index (χ1v) is 14.2. The van der Waals surface area contributed by atoms with Crippen LogP contribution in [0.3, 0.4) is 0 Å². The predicted octanol–water partition coefficient (Wildman–Crippen LogP) is 5.34. The van der Waals surface area contributed by atoms with Crippen LogP contribution in [0.25, 0.3) is 0 Å². The number of benzene rings is 2. The van der Waals surface area contributed by atoms with Gasteiger partial charge in [0.1, 0.15) is 5.01 Å². The van der Waals surface area contributed by atoms with E-state index in [9.17, 15) is 9.59 Å². The van der Waals surface area contributed by atoms with Gasteiger partial charge in [-0.25, -0.2) is 0 Å². The van der Waals surface area contributed by atoms with Gasteiger partial charge in [0.25, 0.3) is 0 Å². The molecule has 194 valence electrons. The number of anilines is 2. The van der Waals surface area contributed by atoms with E-state index in [1.165, 1.54) is 48.1 Å². The molecule has 1 atom stereocenters. The second-order valence-corrected chi connectivity index (χ2v) is 11.4. The molecule has 2 saturated heterocycles. The second-order valence-electron chi connectivity index (χ2n) is 9.88. The molecule has 0 bridgehead atoms. The first-order valence-electron chi connectivity index (χ1n) is 13.0. The third-order valence-electron chi connectivity index (χ3n) is 7.09. The topological polar surface area (TPSA) is 78.4 Å². The van der Waals surface area contributed by atoms with Crippen LogP contribution in [0.2, 0.25) is 5.02 Å². The van der Waals surface area contributed by atoms with E-state index in [1.807, 2.05) is 36.4 Å². The van der Waals surface area contributed by atoms with Gasteiger partial charge in [-0.3, -0.25) is 14.5 Å². The number of aromatic nitrogens is 2. The van der Waals surface area contributed by atoms with Crippen LogP contribution in [0.4, 0.5) is 10.8 Å². The maximum atomic E-state index is 12.9. The quantitative estimate of drug-likeness (QED) is 0.419. The van der Waals surface area contributed by atoms with E-state index in [4.69, 9.17) is 11.6 Å². The molecule has 2 fully saturated rings. The summed E-state index contributed by atoms with van der Waals surface area (Å²) >= 11 is 7.32. The van der Waals surface area contributed by atoms with Crippen LogP contribution < -0.4 is 10.2 Å². The summed E-state index contributed by atoms with van der Waals surface area (Å²) in [6.07, 6.45) is 6.94. The van der Waals surface area contributed by atoms with Crippen molar-refractivity contribution in [3.05, 3.63) is 69.7 Å². The minimum absolute atomic E-state index is 0.0265. The van der Waals surface area contributed by atoms with Crippen molar-refractivity contribution >= 4 is 45.6 Å². The molecule has 2 aliphatic heterocycles. The first kappa shape index (κ1) is 25.8. The highest BCUT2D eigenvalue weighted by Crippen LogP contribution is 2.27. The smallest absolute Gasteiger partial charge is 0.231 e. The number of nitrogens with one attached hydrogen (secondary N) is 1. The highest BCUT2D eigenvalue weighted by Gasteiger charge is 2.35. The summed E-state index contributed by atoms with van der Waals surface area (Å²) in [5.41, 5.74) is 3.28. The minimum Gasteiger partial charge on any atom is -0.312 e. The van der Waals surface area contributed by atoms with E-state index in [0.717, 1.165) is 43.2 Å². The molecule has 2 amide bonds. The largest absolute Gasteiger partial charge is 0.312 e. The van der Waals surface area contributed by atoms with Crippen LogP contribution in [0.5, 0.6) is 0 Å². The zero-order valence-corrected chi connectivity index (χ0v) is 22.4. The van der Waals surface area contributed by atoms with Crippen molar-refractivity contribution in [2.24, 2.45) is 5.92 Å². The lowest BCUT2D eigenvalue weighted by Crippen LogP contribution is -2.28. The van der Waals surface area contributed by atoms with Gasteiger partial charge in [-0.1, -0.05) is 60.0 Å². The molecule has 1 N–H and O–H groups in total. The summed E-state index contributed by atoms with van der Waals surface area (Å²) in [7, 11) is 0. The van der Waals surface area contributed by atoms with E-state index in [-0.39, 0.29) is 18.2 Å². The van der Waals surface area contributed by atoms with Crippen LogP contribution in [0.1, 0.15) is 48.2 Å². The molecular formula is C28H32ClN5O2S. The highest BCUT2D eigenvalue weighted by molar-refractivity contribution is 7.15. The highest BCUT2D eigenvalue weighted by atomic mass is 35.5. The van der Waals surface area contributed by atoms with E-state index in [0.29, 0.717) is 16.7 Å². The lowest BCUT2D eigenvalue weighted by molar-refractivity contribution is -0.122. The van der Waals surface area contributed by atoms with Crippen molar-refractivity contribution in [1.29, 1.82) is 0 Å². The van der Waals surface area contributed by atoms with Crippen molar-refractivity contribution in [2.75, 3.05) is 29.9 Å². The molecule has 0 saturated carbocycles. The number of aryl methyl sites for hydroxylation is 2. The Labute approximate surface area is 226 Å². The molecule has 37 heavy (non-hydrogen) atoms. The number of rotatable bonds is 8. The van der Waals surface area contributed by atoms with Gasteiger partial charge >= 0.3 is 0 Å². The summed E-state index contributed by atoms with van der Waals surface area (Å²) in [4.78, 5) is 29.9. The van der Waals surface area contributed by atoms with Gasteiger partial charge in [0.2, 0.25) is 16.9 Å². The zero-order valence-electron chi connectivity index (χ0n) is 20.9. The Morgan fingerprint density at radius 1 is 0.946 bits per heavy atom. The van der Waals surface area contributed by atoms with Crippen molar-refractivity contribution in [2.45, 2.75) is 51.5 Å². The average Bonchev–Trinajstić information content (AvgIpc) is 3.43. The Hall–Kier alpha value is -2.81. The fourth-order valence-corrected chi connectivity index (χ4v) is 5.85. The summed E-state index contributed by atoms with van der Waals surface area (Å²) in [5.74, 6) is -0.624. The number of nitrogens with zero attached hydrogens (tertiary/aromatic N) is 4. The lowest BCUT2D eigenvalue weighted by atomic mass is 10.1. The van der Waals surface area contributed by atoms with E-state index < -0.39 is 5.92 Å². The van der Waals surface area contributed by atoms with Gasteiger partial charge in [-0.2, -0.15) is 0 Å². The van der Waals surface area contributed by atoms with Crippen LogP contribution in [0.15, 0.2) is 48.5 Å². The molecule has 0 aliphatic carbocycles. The van der Waals surface area contributed by atoms with Gasteiger partial charge in [-0.15, -0.1) is 10.2 Å². The molecule has 3 heterocycles. The van der Waals surface area contributed by atoms with Crippen LogP contribution in [-0.2, 0) is 29.0 Å². The molecule has 2 aromatic carbocycles. The summed E-state index contributed by atoms with van der Waals surface area (Å²) < 4.78 is 0. The van der Waals surface area contributed by atoms with Crippen molar-refractivity contribution < 1.29 is 9.59 Å². The molecule has 5 rings (SSSR count). The molecular weight excluding hydrogens is 506 g/mol. The number of amides is 2. The third-order valence-corrected chi connectivity index (χ3v) is 8.24. The standard InChI is InChI=1S/C28H32ClN5O2S/c29-23-10-5-20(6-11-23)9-14-25-31-32-28(37-25)30-27(36)22-17-26(35)34(19-22)24-12-7-21(8-13-24)18-33-15-3-1-2-4-16-33/h5-8,10-13,22H,1-4,9,14-19H2,(H,30,32,36). The van der Waals surface area contributed by atoms with E-state index in [1.54, 1.807) is 4.90 Å². The van der Waals surface area contributed by atoms with Gasteiger partial charge in [0.05, 0.1) is 5.92 Å². The maximum absolute atomic E-state index is 12.9. The number of hydrogen-bond donors (Lipinski definition) is 1. The third kappa shape index (κ3) is 6.94. The summed E-state index contributed by atoms with van der Waals surface area (Å²) in [6, 6.07) is 16.0. The lowest BCUT2D eigenvalue weighted by Gasteiger charge is -2.21. The molecule has 0 radical (unpaired) electrons. The number of carbonyl (C=O) groups excluding carboxylic acids is 2. The number of carbonyl (C=O) groups is 2. The number of likely N-dealkylation sites (tertiary alicyclic amines) is 1. The summed E-state index contributed by atoms with van der Waals surface area (Å²) in [6.45, 7) is 3.63. The Morgan fingerprint density at radius 2 is 1.65 bits per heavy atom. The summed E-state index contributed by atoms with van der Waals surface area (Å²) in [5, 5.41) is 13.2. The first-order chi connectivity index (χ1) is 18.0. The fraction of sp³-hybridized carbons (Fsp3) is 0.429. The van der Waals surface area contributed by atoms with Crippen molar-refractivity contribution in [1.82, 2.24) is 15.1 Å². The Bertz CT molecular complexity index is 1210. The second kappa shape index (κ2) is 12.2. The Balaban J connectivity index is 1.12. The van der Waals surface area contributed by atoms with Crippen LogP contribution in [0, 0.1) is 5.92 Å². The molecule has 0 spiro atoms. The van der Waals surface area contributed by atoms with Crippen molar-refractivity contribution in [3.63, 3.8) is 0 Å². The van der Waals surface area contributed by atoms with Gasteiger partial charge in [-0.05, 0) is 67.7 Å². The van der Waals surface area contributed by atoms with Gasteiger partial charge < -0.3 is 10.2 Å². The Morgan fingerprint density at radius 3 is 2.38 bits per heavy atom. The van der Waals surface area contributed by atoms with E-state index >= 15 is 0 Å². The van der Waals surface area contributed by atoms with Crippen LogP contribution >= 0.6 is 22.9 Å². The zero-order chi connectivity index (χ0) is 25.6. The molecule has 1 unspecified atom stereocenters. The van der Waals surface area contributed by atoms with Gasteiger partial charge in [0, 0.05) is 36.6 Å². The molecule has 1 aromatic heterocycles. The van der Waals surface area contributed by atoms with Crippen LogP contribution in [-0.4, -0.2) is 46.5 Å². The molecule has 9 heteroatoms. The molecule has 7 nitrogen and oxygen atoms in total. The normalized spacial score (nSPS) is 18.7.